The van der Waals surface area contributed by atoms with Crippen molar-refractivity contribution < 1.29 is 9.53 Å². The van der Waals surface area contributed by atoms with Gasteiger partial charge in [-0.05, 0) is 39.8 Å². The summed E-state index contributed by atoms with van der Waals surface area (Å²) in [7, 11) is 0. The van der Waals surface area contributed by atoms with E-state index in [-0.39, 0.29) is 12.1 Å². The average molecular weight is 302 g/mol. The second-order valence-electron chi connectivity index (χ2n) is 6.46. The van der Waals surface area contributed by atoms with E-state index in [4.69, 9.17) is 4.74 Å². The quantitative estimate of drug-likeness (QED) is 0.796. The Balaban J connectivity index is 2.07. The van der Waals surface area contributed by atoms with E-state index in [1.165, 1.54) is 0 Å². The summed E-state index contributed by atoms with van der Waals surface area (Å²) in [6.45, 7) is 9.37. The Bertz CT molecular complexity index is 589. The summed E-state index contributed by atoms with van der Waals surface area (Å²) < 4.78 is 5.43. The van der Waals surface area contributed by atoms with Crippen LogP contribution >= 0.6 is 0 Å². The maximum atomic E-state index is 12.2. The zero-order chi connectivity index (χ0) is 16.3. The maximum Gasteiger partial charge on any atom is 0.410 e. The summed E-state index contributed by atoms with van der Waals surface area (Å²) in [5.41, 5.74) is 0.0588. The molecule has 0 N–H and O–H groups in total. The van der Waals surface area contributed by atoms with Gasteiger partial charge in [0.15, 0.2) is 0 Å². The summed E-state index contributed by atoms with van der Waals surface area (Å²) in [5, 5.41) is 9.18. The Morgan fingerprint density at radius 1 is 1.45 bits per heavy atom. The summed E-state index contributed by atoms with van der Waals surface area (Å²) >= 11 is 0. The van der Waals surface area contributed by atoms with Gasteiger partial charge < -0.3 is 14.5 Å². The first kappa shape index (κ1) is 16.1. The Morgan fingerprint density at radius 3 is 2.77 bits per heavy atom. The zero-order valence-corrected chi connectivity index (χ0v) is 13.5. The molecule has 1 aromatic heterocycles. The Kier molecular flexibility index (Phi) is 4.55. The van der Waals surface area contributed by atoms with Crippen molar-refractivity contribution in [2.75, 3.05) is 24.5 Å². The van der Waals surface area contributed by atoms with E-state index in [0.717, 1.165) is 0 Å². The molecule has 2 heterocycles. The number of aromatic nitrogens is 1. The first-order valence-corrected chi connectivity index (χ1v) is 7.41. The Hall–Kier alpha value is -2.29. The van der Waals surface area contributed by atoms with Crippen LogP contribution in [0.1, 0.15) is 33.3 Å². The summed E-state index contributed by atoms with van der Waals surface area (Å²) in [4.78, 5) is 20.3. The Morgan fingerprint density at radius 2 is 2.18 bits per heavy atom. The number of ether oxygens (including phenoxy) is 1. The maximum absolute atomic E-state index is 12.2. The lowest BCUT2D eigenvalue weighted by atomic mass is 10.1. The molecule has 2 rings (SSSR count). The third-order valence-corrected chi connectivity index (χ3v) is 3.46. The molecule has 1 fully saturated rings. The second kappa shape index (κ2) is 6.22. The van der Waals surface area contributed by atoms with Gasteiger partial charge in [-0.25, -0.2) is 9.78 Å². The minimum Gasteiger partial charge on any atom is -0.444 e. The lowest BCUT2D eigenvalue weighted by Crippen LogP contribution is -2.55. The average Bonchev–Trinajstić information content (AvgIpc) is 2.45. The third-order valence-electron chi connectivity index (χ3n) is 3.46. The van der Waals surface area contributed by atoms with Crippen LogP contribution in [-0.2, 0) is 4.74 Å². The fourth-order valence-corrected chi connectivity index (χ4v) is 2.48. The molecule has 118 valence electrons. The van der Waals surface area contributed by atoms with E-state index in [9.17, 15) is 10.1 Å². The highest BCUT2D eigenvalue weighted by molar-refractivity contribution is 5.69. The van der Waals surface area contributed by atoms with Crippen LogP contribution in [0.5, 0.6) is 0 Å². The third kappa shape index (κ3) is 3.67. The van der Waals surface area contributed by atoms with Crippen LogP contribution in [0.4, 0.5) is 10.6 Å². The summed E-state index contributed by atoms with van der Waals surface area (Å²) in [6.07, 6.45) is 1.39. The van der Waals surface area contributed by atoms with Gasteiger partial charge in [0.05, 0.1) is 5.56 Å². The number of hydrogen-bond donors (Lipinski definition) is 0. The number of pyridine rings is 1. The van der Waals surface area contributed by atoms with E-state index < -0.39 is 5.60 Å². The van der Waals surface area contributed by atoms with Gasteiger partial charge in [-0.3, -0.25) is 0 Å². The highest BCUT2D eigenvalue weighted by atomic mass is 16.6. The van der Waals surface area contributed by atoms with Crippen molar-refractivity contribution in [1.82, 2.24) is 9.88 Å². The van der Waals surface area contributed by atoms with E-state index in [2.05, 4.69) is 11.1 Å². The molecule has 6 heteroatoms. The fraction of sp³-hybridized carbons (Fsp3) is 0.562. The normalized spacial score (nSPS) is 18.8. The molecule has 0 bridgehead atoms. The van der Waals surface area contributed by atoms with Gasteiger partial charge in [-0.2, -0.15) is 5.26 Å². The lowest BCUT2D eigenvalue weighted by molar-refractivity contribution is 0.0158. The predicted octanol–water partition coefficient (Wildman–Crippen LogP) is 2.40. The van der Waals surface area contributed by atoms with Crippen molar-refractivity contribution in [3.8, 4) is 6.07 Å². The van der Waals surface area contributed by atoms with Gasteiger partial charge in [0, 0.05) is 31.9 Å². The minimum absolute atomic E-state index is 0.00264. The molecule has 6 nitrogen and oxygen atoms in total. The zero-order valence-electron chi connectivity index (χ0n) is 13.5. The number of piperazine rings is 1. The fourth-order valence-electron chi connectivity index (χ4n) is 2.48. The van der Waals surface area contributed by atoms with Crippen LogP contribution < -0.4 is 4.90 Å². The van der Waals surface area contributed by atoms with Crippen LogP contribution in [-0.4, -0.2) is 47.3 Å². The highest BCUT2D eigenvalue weighted by Crippen LogP contribution is 2.21. The largest absolute Gasteiger partial charge is 0.444 e. The Labute approximate surface area is 131 Å². The number of rotatable bonds is 1. The van der Waals surface area contributed by atoms with Crippen molar-refractivity contribution in [3.63, 3.8) is 0 Å². The molecule has 1 amide bonds. The highest BCUT2D eigenvalue weighted by Gasteiger charge is 2.31. The van der Waals surface area contributed by atoms with E-state index in [0.29, 0.717) is 31.0 Å². The molecule has 1 aliphatic rings. The molecule has 0 spiro atoms. The summed E-state index contributed by atoms with van der Waals surface area (Å²) in [5.74, 6) is 0.681. The van der Waals surface area contributed by atoms with Crippen molar-refractivity contribution in [1.29, 1.82) is 5.26 Å². The van der Waals surface area contributed by atoms with E-state index >= 15 is 0 Å². The van der Waals surface area contributed by atoms with Gasteiger partial charge in [0.25, 0.3) is 0 Å². The first-order valence-electron chi connectivity index (χ1n) is 7.41. The van der Waals surface area contributed by atoms with Crippen molar-refractivity contribution in [2.24, 2.45) is 0 Å². The smallest absolute Gasteiger partial charge is 0.410 e. The predicted molar refractivity (Wildman–Crippen MR) is 83.6 cm³/mol. The van der Waals surface area contributed by atoms with Crippen LogP contribution in [0.25, 0.3) is 0 Å². The van der Waals surface area contributed by atoms with Crippen LogP contribution in [0.15, 0.2) is 18.3 Å². The molecular formula is C16H22N4O2. The van der Waals surface area contributed by atoms with Crippen molar-refractivity contribution >= 4 is 11.9 Å². The van der Waals surface area contributed by atoms with Gasteiger partial charge >= 0.3 is 6.09 Å². The second-order valence-corrected chi connectivity index (χ2v) is 6.46. The van der Waals surface area contributed by atoms with Crippen LogP contribution in [0.3, 0.4) is 0 Å². The van der Waals surface area contributed by atoms with Gasteiger partial charge in [0.1, 0.15) is 17.5 Å². The number of amides is 1. The van der Waals surface area contributed by atoms with Crippen molar-refractivity contribution in [2.45, 2.75) is 39.3 Å². The van der Waals surface area contributed by atoms with Gasteiger partial charge in [0.2, 0.25) is 0 Å². The van der Waals surface area contributed by atoms with E-state index in [1.807, 2.05) is 32.6 Å². The van der Waals surface area contributed by atoms with Gasteiger partial charge in [-0.1, -0.05) is 0 Å². The first-order chi connectivity index (χ1) is 10.3. The molecule has 1 aromatic rings. The number of hydrogen-bond acceptors (Lipinski definition) is 5. The lowest BCUT2D eigenvalue weighted by Gasteiger charge is -2.40. The molecule has 1 atom stereocenters. The van der Waals surface area contributed by atoms with Crippen LogP contribution in [0.2, 0.25) is 0 Å². The summed E-state index contributed by atoms with van der Waals surface area (Å²) in [6, 6.07) is 5.67. The molecule has 0 radical (unpaired) electrons. The number of nitrogens with zero attached hydrogens (tertiary/aromatic N) is 4. The molecule has 1 aliphatic heterocycles. The molecule has 0 aromatic carbocycles. The molecule has 0 saturated carbocycles. The number of carbonyl (C=O) groups is 1. The number of nitriles is 1. The SMILES string of the molecule is CC1CN(c2ncccc2C#N)CCN1C(=O)OC(C)(C)C. The topological polar surface area (TPSA) is 69.5 Å². The molecule has 1 unspecified atom stereocenters. The van der Waals surface area contributed by atoms with Crippen molar-refractivity contribution in [3.05, 3.63) is 23.9 Å². The molecule has 1 saturated heterocycles. The van der Waals surface area contributed by atoms with Gasteiger partial charge in [-0.15, -0.1) is 0 Å². The van der Waals surface area contributed by atoms with E-state index in [1.54, 1.807) is 23.2 Å². The minimum atomic E-state index is -0.497. The molecular weight excluding hydrogens is 280 g/mol. The molecule has 0 aliphatic carbocycles. The monoisotopic (exact) mass is 302 g/mol. The number of carbonyl (C=O) groups excluding carboxylic acids is 1. The number of anilines is 1. The molecule has 22 heavy (non-hydrogen) atoms. The standard InChI is InChI=1S/C16H22N4O2/c1-12-11-19(14-13(10-17)6-5-7-18-14)8-9-20(12)15(21)22-16(2,3)4/h5-7,12H,8-9,11H2,1-4H3. The van der Waals surface area contributed by atoms with Crippen LogP contribution in [0, 0.1) is 11.3 Å².